The van der Waals surface area contributed by atoms with Gasteiger partial charge < -0.3 is 71.1 Å². The van der Waals surface area contributed by atoms with E-state index in [2.05, 4.69) is 0 Å². The van der Waals surface area contributed by atoms with Gasteiger partial charge in [0.15, 0.2) is 65.9 Å². The Bertz CT molecular complexity index is 1850. The highest BCUT2D eigenvalue weighted by Gasteiger charge is 2.60. The van der Waals surface area contributed by atoms with Gasteiger partial charge in [0.1, 0.15) is 50.3 Å². The van der Waals surface area contributed by atoms with Gasteiger partial charge in [-0.25, -0.2) is 0 Å². The summed E-state index contributed by atoms with van der Waals surface area (Å²) in [7, 11) is 0. The van der Waals surface area contributed by atoms with Crippen LogP contribution >= 0.6 is 11.8 Å². The predicted molar refractivity (Wildman–Crippen MR) is 213 cm³/mol. The van der Waals surface area contributed by atoms with E-state index in [9.17, 15) is 52.7 Å². The van der Waals surface area contributed by atoms with Gasteiger partial charge in [-0.2, -0.15) is 0 Å². The number of carbonyl (C=O) groups excluding carboxylic acids is 11. The highest BCUT2D eigenvalue weighted by molar-refractivity contribution is 8.14. The average molecular weight is 983 g/mol. The first-order chi connectivity index (χ1) is 31.3. The molecule has 376 valence electrons. The number of ether oxygens (including phenoxy) is 15. The Hall–Kier alpha value is -5.48. The van der Waals surface area contributed by atoms with E-state index in [4.69, 9.17) is 71.1 Å². The van der Waals surface area contributed by atoms with Crippen LogP contribution in [0.5, 0.6) is 0 Å². The fourth-order valence-electron chi connectivity index (χ4n) is 7.01. The van der Waals surface area contributed by atoms with Crippen LogP contribution in [0.3, 0.4) is 0 Å². The van der Waals surface area contributed by atoms with E-state index >= 15 is 0 Å². The molecule has 0 amide bonds. The van der Waals surface area contributed by atoms with Crippen molar-refractivity contribution in [3.8, 4) is 0 Å². The average Bonchev–Trinajstić information content (AvgIpc) is 3.17. The molecule has 15 unspecified atom stereocenters. The van der Waals surface area contributed by atoms with Crippen LogP contribution in [-0.2, 0) is 124 Å². The first-order valence-corrected chi connectivity index (χ1v) is 21.2. The van der Waals surface area contributed by atoms with Crippen molar-refractivity contribution in [1.29, 1.82) is 0 Å². The molecule has 26 nitrogen and oxygen atoms in total. The molecule has 3 rings (SSSR count). The third-order valence-corrected chi connectivity index (χ3v) is 10.0. The SMILES string of the molecule is CC(=O)OCC1OC(OC2C(COC(C)=O)OC(OC3C(COC(C)=O)OC(SC(C)=O)C(OC(C)=O)C3OC(C)=O)C(OC(C)=O)C2OC(C)=O)C(OC(C)=O)C(OC(C)=O)C1OC(C)=O. The minimum Gasteiger partial charge on any atom is -0.463 e. The number of carbonyl (C=O) groups is 11. The monoisotopic (exact) mass is 982 g/mol. The van der Waals surface area contributed by atoms with Crippen LogP contribution in [0.25, 0.3) is 0 Å². The summed E-state index contributed by atoms with van der Waals surface area (Å²) in [6.07, 6.45) is -24.9. The molecular formula is C40H54O26S. The molecule has 0 bridgehead atoms. The summed E-state index contributed by atoms with van der Waals surface area (Å²) in [6, 6.07) is 0. The van der Waals surface area contributed by atoms with Gasteiger partial charge in [-0.05, 0) is 0 Å². The van der Waals surface area contributed by atoms with E-state index in [1.54, 1.807) is 0 Å². The van der Waals surface area contributed by atoms with Crippen molar-refractivity contribution >= 4 is 76.6 Å². The van der Waals surface area contributed by atoms with E-state index < -0.39 is 176 Å². The molecule has 27 heteroatoms. The summed E-state index contributed by atoms with van der Waals surface area (Å²) in [6.45, 7) is 8.97. The minimum absolute atomic E-state index is 0.531. The van der Waals surface area contributed by atoms with E-state index in [1.807, 2.05) is 0 Å². The zero-order valence-corrected chi connectivity index (χ0v) is 39.1. The zero-order valence-electron chi connectivity index (χ0n) is 38.3. The van der Waals surface area contributed by atoms with Crippen LogP contribution in [0.15, 0.2) is 0 Å². The fraction of sp³-hybridized carbons (Fsp3) is 0.725. The molecular weight excluding hydrogens is 928 g/mol. The third-order valence-electron chi connectivity index (χ3n) is 9.11. The number of esters is 10. The standard InChI is InChI=1S/C40H54O26S/c1-15(41)52-12-26-29(55-18(4)44)32(56-19(5)45)35(59-22(8)48)38(62-26)65-30-27(13-53-16(2)42)63-39(36(60-23(9)49)33(30)57-20(6)46)66-31-28(14-54-17(3)43)64-40(67-25(11)51)37(61-24(10)50)34(31)58-21(7)47/h26-40H,12-14H2,1-11H3. The van der Waals surface area contributed by atoms with Crippen molar-refractivity contribution in [3.05, 3.63) is 0 Å². The van der Waals surface area contributed by atoms with Crippen LogP contribution in [0.1, 0.15) is 76.2 Å². The van der Waals surface area contributed by atoms with Crippen LogP contribution in [0, 0.1) is 0 Å². The number of rotatable bonds is 18. The topological polar surface area (TPSA) is 326 Å². The second kappa shape index (κ2) is 25.6. The lowest BCUT2D eigenvalue weighted by molar-refractivity contribution is -0.372. The molecule has 3 heterocycles. The van der Waals surface area contributed by atoms with Crippen molar-refractivity contribution in [2.75, 3.05) is 19.8 Å². The van der Waals surface area contributed by atoms with Crippen LogP contribution in [-0.4, -0.2) is 176 Å². The van der Waals surface area contributed by atoms with Crippen molar-refractivity contribution in [3.63, 3.8) is 0 Å². The summed E-state index contributed by atoms with van der Waals surface area (Å²) in [5.74, 6) is -9.51. The Kier molecular flexibility index (Phi) is 21.3. The fourth-order valence-corrected chi connectivity index (χ4v) is 7.88. The molecule has 0 aromatic heterocycles. The summed E-state index contributed by atoms with van der Waals surface area (Å²) < 4.78 is 85.8. The lowest BCUT2D eigenvalue weighted by Crippen LogP contribution is -2.68. The number of thioether (sulfide) groups is 1. The maximum atomic E-state index is 13.0. The summed E-state index contributed by atoms with van der Waals surface area (Å²) in [5, 5.41) is -0.542. The van der Waals surface area contributed by atoms with Crippen LogP contribution < -0.4 is 0 Å². The maximum absolute atomic E-state index is 13.0. The predicted octanol–water partition coefficient (Wildman–Crippen LogP) is -0.578. The molecule has 3 aliphatic rings. The summed E-state index contributed by atoms with van der Waals surface area (Å²) >= 11 is 0.531. The van der Waals surface area contributed by atoms with Gasteiger partial charge in [0, 0.05) is 76.2 Å². The molecule has 0 aromatic rings. The molecule has 67 heavy (non-hydrogen) atoms. The molecule has 0 N–H and O–H groups in total. The molecule has 0 spiro atoms. The second-order valence-corrected chi connectivity index (χ2v) is 16.1. The van der Waals surface area contributed by atoms with Gasteiger partial charge in [-0.1, -0.05) is 11.8 Å². The Morgan fingerprint density at radius 2 is 0.597 bits per heavy atom. The van der Waals surface area contributed by atoms with Crippen molar-refractivity contribution < 1.29 is 124 Å². The smallest absolute Gasteiger partial charge is 0.303 e. The molecule has 3 fully saturated rings. The molecule has 0 aromatic carbocycles. The first kappa shape index (κ1) is 55.8. The van der Waals surface area contributed by atoms with E-state index in [-0.39, 0.29) is 0 Å². The maximum Gasteiger partial charge on any atom is 0.303 e. The highest BCUT2D eigenvalue weighted by Crippen LogP contribution is 2.39. The Labute approximate surface area is 387 Å². The van der Waals surface area contributed by atoms with Gasteiger partial charge in [0.05, 0.1) is 0 Å². The Balaban J connectivity index is 2.31. The van der Waals surface area contributed by atoms with Crippen molar-refractivity contribution in [2.24, 2.45) is 0 Å². The lowest BCUT2D eigenvalue weighted by atomic mass is 9.95. The van der Waals surface area contributed by atoms with Gasteiger partial charge in [0.25, 0.3) is 0 Å². The summed E-state index contributed by atoms with van der Waals surface area (Å²) in [5.41, 5.74) is -1.41. The quantitative estimate of drug-likeness (QED) is 0.122. The van der Waals surface area contributed by atoms with E-state index in [0.29, 0.717) is 11.8 Å². The lowest BCUT2D eigenvalue weighted by Gasteiger charge is -2.50. The molecule has 0 aliphatic carbocycles. The van der Waals surface area contributed by atoms with Gasteiger partial charge in [0.2, 0.25) is 0 Å². The zero-order chi connectivity index (χ0) is 50.4. The third kappa shape index (κ3) is 17.3. The van der Waals surface area contributed by atoms with Crippen molar-refractivity contribution in [1.82, 2.24) is 0 Å². The van der Waals surface area contributed by atoms with E-state index in [1.165, 1.54) is 6.92 Å². The van der Waals surface area contributed by atoms with E-state index in [0.717, 1.165) is 69.2 Å². The molecule has 15 atom stereocenters. The highest BCUT2D eigenvalue weighted by atomic mass is 32.2. The first-order valence-electron chi connectivity index (χ1n) is 20.3. The van der Waals surface area contributed by atoms with Crippen LogP contribution in [0.4, 0.5) is 0 Å². The Morgan fingerprint density at radius 3 is 0.925 bits per heavy atom. The largest absolute Gasteiger partial charge is 0.463 e. The Morgan fingerprint density at radius 1 is 0.328 bits per heavy atom. The number of hydrogen-bond donors (Lipinski definition) is 0. The second-order valence-electron chi connectivity index (χ2n) is 14.9. The molecule has 3 saturated heterocycles. The molecule has 0 saturated carbocycles. The van der Waals surface area contributed by atoms with Gasteiger partial charge in [-0.15, -0.1) is 0 Å². The molecule has 3 aliphatic heterocycles. The van der Waals surface area contributed by atoms with Gasteiger partial charge in [-0.3, -0.25) is 52.7 Å². The van der Waals surface area contributed by atoms with Crippen molar-refractivity contribution in [2.45, 2.75) is 167 Å². The van der Waals surface area contributed by atoms with Crippen LogP contribution in [0.2, 0.25) is 0 Å². The number of hydrogen-bond acceptors (Lipinski definition) is 27. The minimum atomic E-state index is -2.02. The normalized spacial score (nSPS) is 31.3. The molecule has 0 radical (unpaired) electrons. The van der Waals surface area contributed by atoms with Gasteiger partial charge >= 0.3 is 59.7 Å². The summed E-state index contributed by atoms with van der Waals surface area (Å²) in [4.78, 5) is 137.